The average Bonchev–Trinajstić information content (AvgIpc) is 3.12. The summed E-state index contributed by atoms with van der Waals surface area (Å²) in [7, 11) is 1.52. The number of halogens is 1. The van der Waals surface area contributed by atoms with Crippen LogP contribution in [0.1, 0.15) is 13.3 Å². The molecule has 3 rings (SSSR count). The maximum absolute atomic E-state index is 12.6. The van der Waals surface area contributed by atoms with Gasteiger partial charge in [-0.25, -0.2) is 4.98 Å². The number of amides is 1. The molecule has 0 unspecified atom stereocenters. The maximum atomic E-state index is 12.6. The number of methoxy groups -OCH3 is 1. The molecule has 3 aromatic rings. The summed E-state index contributed by atoms with van der Waals surface area (Å²) in [6.45, 7) is 2.56. The molecular formula is C18H18ClN3O3S2. The molecule has 0 aliphatic heterocycles. The number of hydrogen-bond donors (Lipinski definition) is 1. The molecule has 0 bridgehead atoms. The maximum Gasteiger partial charge on any atom is 0.272 e. The van der Waals surface area contributed by atoms with Gasteiger partial charge < -0.3 is 10.1 Å². The molecule has 0 atom stereocenters. The van der Waals surface area contributed by atoms with Crippen molar-refractivity contribution in [2.45, 2.75) is 25.0 Å². The molecule has 1 aromatic carbocycles. The molecule has 0 spiro atoms. The van der Waals surface area contributed by atoms with Crippen molar-refractivity contribution >= 4 is 56.5 Å². The highest BCUT2D eigenvalue weighted by Gasteiger charge is 2.15. The number of carbonyl (C=O) groups is 1. The van der Waals surface area contributed by atoms with Gasteiger partial charge in [-0.3, -0.25) is 14.2 Å². The van der Waals surface area contributed by atoms with E-state index in [1.165, 1.54) is 30.2 Å². The number of nitrogens with one attached hydrogen (secondary N) is 1. The lowest BCUT2D eigenvalue weighted by molar-refractivity contribution is -0.113. The number of fused-ring (bicyclic) bond motifs is 1. The number of carbonyl (C=O) groups excluding carboxylic acids is 1. The van der Waals surface area contributed by atoms with Crippen molar-refractivity contribution in [3.05, 3.63) is 45.0 Å². The van der Waals surface area contributed by atoms with Crippen molar-refractivity contribution in [1.29, 1.82) is 0 Å². The number of aromatic nitrogens is 2. The topological polar surface area (TPSA) is 73.2 Å². The second-order valence-corrected chi connectivity index (χ2v) is 7.96. The van der Waals surface area contributed by atoms with E-state index in [9.17, 15) is 9.59 Å². The van der Waals surface area contributed by atoms with Gasteiger partial charge in [0.25, 0.3) is 5.56 Å². The Morgan fingerprint density at radius 2 is 2.22 bits per heavy atom. The monoisotopic (exact) mass is 423 g/mol. The van der Waals surface area contributed by atoms with Crippen LogP contribution < -0.4 is 15.6 Å². The number of anilines is 1. The van der Waals surface area contributed by atoms with Crippen molar-refractivity contribution < 1.29 is 9.53 Å². The highest BCUT2D eigenvalue weighted by Crippen LogP contribution is 2.28. The lowest BCUT2D eigenvalue weighted by Crippen LogP contribution is -2.23. The highest BCUT2D eigenvalue weighted by molar-refractivity contribution is 7.99. The summed E-state index contributed by atoms with van der Waals surface area (Å²) < 4.78 is 7.51. The molecule has 0 aliphatic rings. The van der Waals surface area contributed by atoms with Gasteiger partial charge in [0.15, 0.2) is 5.16 Å². The van der Waals surface area contributed by atoms with Crippen LogP contribution in [0.4, 0.5) is 5.69 Å². The van der Waals surface area contributed by atoms with Crippen LogP contribution in [-0.4, -0.2) is 28.3 Å². The number of thioether (sulfide) groups is 1. The van der Waals surface area contributed by atoms with Crippen LogP contribution in [0.3, 0.4) is 0 Å². The Labute approximate surface area is 169 Å². The Morgan fingerprint density at radius 3 is 2.96 bits per heavy atom. The molecule has 0 fully saturated rings. The number of nitrogens with zero attached hydrogens (tertiary/aromatic N) is 2. The largest absolute Gasteiger partial charge is 0.495 e. The summed E-state index contributed by atoms with van der Waals surface area (Å²) in [6, 6.07) is 6.83. The van der Waals surface area contributed by atoms with Gasteiger partial charge in [0.1, 0.15) is 10.4 Å². The van der Waals surface area contributed by atoms with E-state index in [-0.39, 0.29) is 17.2 Å². The number of benzene rings is 1. The smallest absolute Gasteiger partial charge is 0.272 e. The van der Waals surface area contributed by atoms with Crippen LogP contribution in [0.15, 0.2) is 39.6 Å². The molecule has 1 N–H and O–H groups in total. The summed E-state index contributed by atoms with van der Waals surface area (Å²) >= 11 is 8.61. The molecule has 6 nitrogen and oxygen atoms in total. The summed E-state index contributed by atoms with van der Waals surface area (Å²) in [4.78, 5) is 29.6. The SMILES string of the molecule is CCCn1c(SCC(=O)Nc2cc(Cl)ccc2OC)nc2ccsc2c1=O. The Morgan fingerprint density at radius 1 is 1.41 bits per heavy atom. The molecular weight excluding hydrogens is 406 g/mol. The fourth-order valence-electron chi connectivity index (χ4n) is 2.55. The number of rotatable bonds is 7. The van der Waals surface area contributed by atoms with Gasteiger partial charge in [-0.15, -0.1) is 11.3 Å². The molecule has 0 saturated heterocycles. The van der Waals surface area contributed by atoms with Crippen molar-refractivity contribution in [2.24, 2.45) is 0 Å². The molecule has 2 heterocycles. The second-order valence-electron chi connectivity index (χ2n) is 5.67. The zero-order valence-electron chi connectivity index (χ0n) is 14.8. The fraction of sp³-hybridized carbons (Fsp3) is 0.278. The minimum atomic E-state index is -0.233. The first-order valence-electron chi connectivity index (χ1n) is 8.27. The van der Waals surface area contributed by atoms with Crippen LogP contribution in [0.25, 0.3) is 10.2 Å². The quantitative estimate of drug-likeness (QED) is 0.454. The minimum absolute atomic E-state index is 0.0590. The third-order valence-corrected chi connectivity index (χ3v) is 5.85. The van der Waals surface area contributed by atoms with E-state index in [4.69, 9.17) is 16.3 Å². The Kier molecular flexibility index (Phi) is 6.41. The van der Waals surface area contributed by atoms with Crippen LogP contribution >= 0.6 is 34.7 Å². The standard InChI is InChI=1S/C18H18ClN3O3S2/c1-3-7-22-17(24)16-12(6-8-26-16)21-18(22)27-10-15(23)20-13-9-11(19)4-5-14(13)25-2/h4-6,8-9H,3,7,10H2,1-2H3,(H,20,23). The Bertz CT molecular complexity index is 1030. The number of ether oxygens (including phenoxy) is 1. The van der Waals surface area contributed by atoms with Gasteiger partial charge in [0.2, 0.25) is 5.91 Å². The summed E-state index contributed by atoms with van der Waals surface area (Å²) in [6.07, 6.45) is 0.804. The van der Waals surface area contributed by atoms with Gasteiger partial charge in [-0.2, -0.15) is 0 Å². The third kappa shape index (κ3) is 4.45. The van der Waals surface area contributed by atoms with Crippen molar-refractivity contribution in [2.75, 3.05) is 18.2 Å². The van der Waals surface area contributed by atoms with E-state index in [1.54, 1.807) is 22.8 Å². The summed E-state index contributed by atoms with van der Waals surface area (Å²) in [5.41, 5.74) is 1.11. The van der Waals surface area contributed by atoms with Crippen LogP contribution in [0, 0.1) is 0 Å². The fourth-order valence-corrected chi connectivity index (χ4v) is 4.32. The summed E-state index contributed by atoms with van der Waals surface area (Å²) in [5.74, 6) is 0.406. The minimum Gasteiger partial charge on any atom is -0.495 e. The van der Waals surface area contributed by atoms with Crippen LogP contribution in [0.5, 0.6) is 5.75 Å². The van der Waals surface area contributed by atoms with Crippen LogP contribution in [-0.2, 0) is 11.3 Å². The first-order valence-corrected chi connectivity index (χ1v) is 10.5. The Balaban J connectivity index is 1.78. The zero-order valence-corrected chi connectivity index (χ0v) is 17.2. The molecule has 27 heavy (non-hydrogen) atoms. The number of thiophene rings is 1. The van der Waals surface area contributed by atoms with E-state index in [0.717, 1.165) is 6.42 Å². The predicted octanol–water partition coefficient (Wildman–Crippen LogP) is 4.26. The lowest BCUT2D eigenvalue weighted by Gasteiger charge is -2.12. The first-order chi connectivity index (χ1) is 13.0. The van der Waals surface area contributed by atoms with Crippen molar-refractivity contribution in [3.63, 3.8) is 0 Å². The van der Waals surface area contributed by atoms with Gasteiger partial charge in [-0.05, 0) is 36.1 Å². The molecule has 1 amide bonds. The Hall–Kier alpha value is -2.03. The van der Waals surface area contributed by atoms with Crippen molar-refractivity contribution in [1.82, 2.24) is 9.55 Å². The zero-order chi connectivity index (χ0) is 19.4. The predicted molar refractivity (Wildman–Crippen MR) is 112 cm³/mol. The molecule has 0 radical (unpaired) electrons. The number of hydrogen-bond acceptors (Lipinski definition) is 6. The van der Waals surface area contributed by atoms with Gasteiger partial charge in [0, 0.05) is 11.6 Å². The van der Waals surface area contributed by atoms with Crippen molar-refractivity contribution in [3.8, 4) is 5.75 Å². The van der Waals surface area contributed by atoms with E-state index in [2.05, 4.69) is 10.3 Å². The van der Waals surface area contributed by atoms with E-state index < -0.39 is 0 Å². The van der Waals surface area contributed by atoms with E-state index in [1.807, 2.05) is 18.4 Å². The molecule has 0 aliphatic carbocycles. The van der Waals surface area contributed by atoms with Gasteiger partial charge in [-0.1, -0.05) is 30.3 Å². The molecule has 2 aromatic heterocycles. The second kappa shape index (κ2) is 8.77. The highest BCUT2D eigenvalue weighted by atomic mass is 35.5. The van der Waals surface area contributed by atoms with E-state index >= 15 is 0 Å². The molecule has 0 saturated carbocycles. The normalized spacial score (nSPS) is 10.9. The van der Waals surface area contributed by atoms with Crippen LogP contribution in [0.2, 0.25) is 5.02 Å². The van der Waals surface area contributed by atoms with Gasteiger partial charge >= 0.3 is 0 Å². The average molecular weight is 424 g/mol. The molecule has 142 valence electrons. The van der Waals surface area contributed by atoms with E-state index in [0.29, 0.717) is 38.4 Å². The first kappa shape index (κ1) is 19.7. The molecule has 9 heteroatoms. The van der Waals surface area contributed by atoms with Gasteiger partial charge in [0.05, 0.1) is 24.1 Å². The third-order valence-electron chi connectivity index (χ3n) is 3.75. The lowest BCUT2D eigenvalue weighted by atomic mass is 10.3. The summed E-state index contributed by atoms with van der Waals surface area (Å²) in [5, 5.41) is 5.68.